The van der Waals surface area contributed by atoms with Crippen LogP contribution in [0.2, 0.25) is 0 Å². The summed E-state index contributed by atoms with van der Waals surface area (Å²) >= 11 is 3.12. The third-order valence-electron chi connectivity index (χ3n) is 1.83. The van der Waals surface area contributed by atoms with E-state index in [4.69, 9.17) is 4.74 Å². The Morgan fingerprint density at radius 3 is 2.80 bits per heavy atom. The first-order valence-electron chi connectivity index (χ1n) is 4.76. The van der Waals surface area contributed by atoms with Crippen LogP contribution in [0, 0.1) is 5.82 Å². The van der Waals surface area contributed by atoms with E-state index >= 15 is 0 Å². The fraction of sp³-hybridized carbons (Fsp3) is 0.364. The number of carbonyl (C=O) groups excluding carboxylic acids is 1. The molecule has 1 rings (SSSR count). The van der Waals surface area contributed by atoms with Gasteiger partial charge in [0.2, 0.25) is 0 Å². The molecule has 0 aromatic heterocycles. The van der Waals surface area contributed by atoms with Crippen LogP contribution in [-0.4, -0.2) is 12.6 Å². The van der Waals surface area contributed by atoms with Gasteiger partial charge in [0.15, 0.2) is 0 Å². The van der Waals surface area contributed by atoms with Crippen molar-refractivity contribution in [3.05, 3.63) is 34.1 Å². The van der Waals surface area contributed by atoms with Crippen molar-refractivity contribution in [2.24, 2.45) is 0 Å². The molecule has 0 atom stereocenters. The Kier molecular flexibility index (Phi) is 4.75. The molecule has 82 valence electrons. The summed E-state index contributed by atoms with van der Waals surface area (Å²) < 4.78 is 18.4. The maximum absolute atomic E-state index is 12.9. The highest BCUT2D eigenvalue weighted by Gasteiger charge is 2.09. The Morgan fingerprint density at radius 2 is 2.20 bits per heavy atom. The summed E-state index contributed by atoms with van der Waals surface area (Å²) in [6.07, 6.45) is 1.78. The Bertz CT molecular complexity index is 332. The first-order valence-corrected chi connectivity index (χ1v) is 5.56. The molecular formula is C11H12BrFO2. The van der Waals surface area contributed by atoms with Crippen LogP contribution in [0.25, 0.3) is 0 Å². The van der Waals surface area contributed by atoms with Gasteiger partial charge in [-0.25, -0.2) is 9.18 Å². The Hall–Kier alpha value is -0.900. The largest absolute Gasteiger partial charge is 0.462 e. The monoisotopic (exact) mass is 274 g/mol. The SMILES string of the molecule is CCCCOC(=O)c1cc(F)cc(Br)c1. The maximum Gasteiger partial charge on any atom is 0.338 e. The van der Waals surface area contributed by atoms with E-state index in [-0.39, 0.29) is 5.56 Å². The van der Waals surface area contributed by atoms with Crippen LogP contribution in [0.1, 0.15) is 30.1 Å². The van der Waals surface area contributed by atoms with Crippen molar-refractivity contribution < 1.29 is 13.9 Å². The molecule has 0 spiro atoms. The molecule has 0 heterocycles. The zero-order chi connectivity index (χ0) is 11.3. The zero-order valence-electron chi connectivity index (χ0n) is 8.43. The summed E-state index contributed by atoms with van der Waals surface area (Å²) in [4.78, 5) is 11.4. The third kappa shape index (κ3) is 4.00. The van der Waals surface area contributed by atoms with Gasteiger partial charge in [-0.3, -0.25) is 0 Å². The van der Waals surface area contributed by atoms with Gasteiger partial charge >= 0.3 is 5.97 Å². The fourth-order valence-corrected chi connectivity index (χ4v) is 1.53. The molecule has 0 aliphatic rings. The number of benzene rings is 1. The summed E-state index contributed by atoms with van der Waals surface area (Å²) in [7, 11) is 0. The van der Waals surface area contributed by atoms with Crippen LogP contribution >= 0.6 is 15.9 Å². The highest BCUT2D eigenvalue weighted by atomic mass is 79.9. The second-order valence-electron chi connectivity index (χ2n) is 3.15. The summed E-state index contributed by atoms with van der Waals surface area (Å²) in [6, 6.07) is 4.00. The summed E-state index contributed by atoms with van der Waals surface area (Å²) in [5.74, 6) is -0.935. The third-order valence-corrected chi connectivity index (χ3v) is 2.29. The van der Waals surface area contributed by atoms with Crippen LogP contribution in [0.3, 0.4) is 0 Å². The highest BCUT2D eigenvalue weighted by Crippen LogP contribution is 2.15. The van der Waals surface area contributed by atoms with E-state index in [2.05, 4.69) is 15.9 Å². The number of rotatable bonds is 4. The van der Waals surface area contributed by atoms with Gasteiger partial charge in [0.1, 0.15) is 5.82 Å². The van der Waals surface area contributed by atoms with Crippen LogP contribution < -0.4 is 0 Å². The van der Waals surface area contributed by atoms with Gasteiger partial charge in [-0.15, -0.1) is 0 Å². The molecule has 15 heavy (non-hydrogen) atoms. The Balaban J connectivity index is 2.65. The van der Waals surface area contributed by atoms with E-state index in [0.717, 1.165) is 12.8 Å². The minimum atomic E-state index is -0.483. The lowest BCUT2D eigenvalue weighted by atomic mass is 10.2. The molecule has 0 amide bonds. The molecule has 0 saturated heterocycles. The zero-order valence-corrected chi connectivity index (χ0v) is 10.0. The van der Waals surface area contributed by atoms with Gasteiger partial charge in [0, 0.05) is 4.47 Å². The summed E-state index contributed by atoms with van der Waals surface area (Å²) in [6.45, 7) is 2.38. The van der Waals surface area contributed by atoms with E-state index in [1.807, 2.05) is 6.92 Å². The van der Waals surface area contributed by atoms with Crippen molar-refractivity contribution in [2.45, 2.75) is 19.8 Å². The second-order valence-corrected chi connectivity index (χ2v) is 4.06. The van der Waals surface area contributed by atoms with Crippen LogP contribution in [-0.2, 0) is 4.74 Å². The topological polar surface area (TPSA) is 26.3 Å². The van der Waals surface area contributed by atoms with Crippen molar-refractivity contribution >= 4 is 21.9 Å². The predicted molar refractivity (Wildman–Crippen MR) is 59.3 cm³/mol. The van der Waals surface area contributed by atoms with E-state index < -0.39 is 11.8 Å². The highest BCUT2D eigenvalue weighted by molar-refractivity contribution is 9.10. The van der Waals surface area contributed by atoms with E-state index in [1.54, 1.807) is 0 Å². The molecule has 0 bridgehead atoms. The van der Waals surface area contributed by atoms with Gasteiger partial charge in [-0.2, -0.15) is 0 Å². The number of carbonyl (C=O) groups is 1. The molecule has 1 aromatic carbocycles. The molecule has 0 radical (unpaired) electrons. The molecule has 0 fully saturated rings. The molecule has 4 heteroatoms. The second kappa shape index (κ2) is 5.85. The van der Waals surface area contributed by atoms with E-state index in [1.165, 1.54) is 18.2 Å². The first kappa shape index (κ1) is 12.2. The van der Waals surface area contributed by atoms with Gasteiger partial charge in [-0.1, -0.05) is 29.3 Å². The smallest absolute Gasteiger partial charge is 0.338 e. The van der Waals surface area contributed by atoms with Crippen molar-refractivity contribution in [2.75, 3.05) is 6.61 Å². The number of unbranched alkanes of at least 4 members (excludes halogenated alkanes) is 1. The van der Waals surface area contributed by atoms with E-state index in [9.17, 15) is 9.18 Å². The first-order chi connectivity index (χ1) is 7.13. The van der Waals surface area contributed by atoms with Crippen molar-refractivity contribution in [1.29, 1.82) is 0 Å². The van der Waals surface area contributed by atoms with Crippen molar-refractivity contribution in [3.63, 3.8) is 0 Å². The van der Waals surface area contributed by atoms with Crippen molar-refractivity contribution in [3.8, 4) is 0 Å². The lowest BCUT2D eigenvalue weighted by Crippen LogP contribution is -2.06. The normalized spacial score (nSPS) is 10.1. The summed E-state index contributed by atoms with van der Waals surface area (Å²) in [5.41, 5.74) is 0.234. The number of ether oxygens (including phenoxy) is 1. The Labute approximate surface area is 96.6 Å². The minimum Gasteiger partial charge on any atom is -0.462 e. The minimum absolute atomic E-state index is 0.234. The predicted octanol–water partition coefficient (Wildman–Crippen LogP) is 3.55. The van der Waals surface area contributed by atoms with Crippen LogP contribution in [0.4, 0.5) is 4.39 Å². The molecule has 0 aliphatic heterocycles. The average Bonchev–Trinajstić information content (AvgIpc) is 2.16. The number of esters is 1. The van der Waals surface area contributed by atoms with Gasteiger partial charge < -0.3 is 4.74 Å². The summed E-state index contributed by atoms with van der Waals surface area (Å²) in [5, 5.41) is 0. The Morgan fingerprint density at radius 1 is 1.47 bits per heavy atom. The molecule has 1 aromatic rings. The van der Waals surface area contributed by atoms with Crippen LogP contribution in [0.15, 0.2) is 22.7 Å². The van der Waals surface area contributed by atoms with Crippen LogP contribution in [0.5, 0.6) is 0 Å². The molecule has 2 nitrogen and oxygen atoms in total. The molecule has 0 N–H and O–H groups in total. The lowest BCUT2D eigenvalue weighted by molar-refractivity contribution is 0.0499. The molecular weight excluding hydrogens is 263 g/mol. The van der Waals surface area contributed by atoms with E-state index in [0.29, 0.717) is 11.1 Å². The fourth-order valence-electron chi connectivity index (χ4n) is 1.06. The lowest BCUT2D eigenvalue weighted by Gasteiger charge is -2.04. The van der Waals surface area contributed by atoms with Gasteiger partial charge in [0.25, 0.3) is 0 Å². The van der Waals surface area contributed by atoms with Gasteiger partial charge in [0.05, 0.1) is 12.2 Å². The number of hydrogen-bond acceptors (Lipinski definition) is 2. The standard InChI is InChI=1S/C11H12BrFO2/c1-2-3-4-15-11(14)8-5-9(12)7-10(13)6-8/h5-7H,2-4H2,1H3. The molecule has 0 aliphatic carbocycles. The number of halogens is 2. The quantitative estimate of drug-likeness (QED) is 0.620. The maximum atomic E-state index is 12.9. The molecule has 0 unspecified atom stereocenters. The average molecular weight is 275 g/mol. The number of hydrogen-bond donors (Lipinski definition) is 0. The molecule has 0 saturated carbocycles. The van der Waals surface area contributed by atoms with Gasteiger partial charge in [-0.05, 0) is 24.6 Å². The van der Waals surface area contributed by atoms with Crippen molar-refractivity contribution in [1.82, 2.24) is 0 Å².